The van der Waals surface area contributed by atoms with Crippen LogP contribution in [0, 0.1) is 0 Å². The summed E-state index contributed by atoms with van der Waals surface area (Å²) < 4.78 is 16.3. The molecule has 3 aliphatic rings. The third-order valence-electron chi connectivity index (χ3n) is 5.75. The Morgan fingerprint density at radius 1 is 1.17 bits per heavy atom. The molecular weight excluding hydrogens is 404 g/mol. The van der Waals surface area contributed by atoms with Gasteiger partial charge < -0.3 is 19.1 Å². The van der Waals surface area contributed by atoms with E-state index in [4.69, 9.17) is 14.2 Å². The Bertz CT molecular complexity index is 899. The van der Waals surface area contributed by atoms with Gasteiger partial charge in [0, 0.05) is 37.5 Å². The van der Waals surface area contributed by atoms with Crippen molar-refractivity contribution in [3.63, 3.8) is 0 Å². The number of amides is 1. The molecule has 1 N–H and O–H groups in total. The van der Waals surface area contributed by atoms with Crippen LogP contribution in [0.15, 0.2) is 24.3 Å². The number of fused-ring (bicyclic) bond motifs is 1. The number of aromatic nitrogens is 2. The molecule has 1 amide bonds. The summed E-state index contributed by atoms with van der Waals surface area (Å²) in [6, 6.07) is 7.74. The zero-order valence-electron chi connectivity index (χ0n) is 16.8. The lowest BCUT2D eigenvalue weighted by Gasteiger charge is -2.35. The Morgan fingerprint density at radius 3 is 2.93 bits per heavy atom. The third-order valence-corrected chi connectivity index (χ3v) is 6.95. The van der Waals surface area contributed by atoms with Crippen LogP contribution in [0.5, 0.6) is 11.5 Å². The van der Waals surface area contributed by atoms with Crippen molar-refractivity contribution in [2.24, 2.45) is 0 Å². The molecule has 1 unspecified atom stereocenters. The normalized spacial score (nSPS) is 22.1. The molecule has 0 aliphatic carbocycles. The fourth-order valence-corrected chi connectivity index (χ4v) is 5.18. The maximum Gasteiger partial charge on any atom is 0.272 e. The maximum absolute atomic E-state index is 13.4. The predicted octanol–water partition coefficient (Wildman–Crippen LogP) is 2.09. The minimum atomic E-state index is 0.0234. The van der Waals surface area contributed by atoms with Crippen LogP contribution in [0.2, 0.25) is 0 Å². The standard InChI is InChI=1S/C21H26N4O4S/c26-21(25-4-1-9-30-13-16(25)12-24-5-7-27-8-6-24)18-11-17(22-23-18)15-2-3-19-20(10-15)29-14-28-19/h2-3,10-11,16H,1,4-9,12-14H2,(H,22,23). The van der Waals surface area contributed by atoms with E-state index >= 15 is 0 Å². The van der Waals surface area contributed by atoms with Crippen molar-refractivity contribution in [2.45, 2.75) is 12.5 Å². The lowest BCUT2D eigenvalue weighted by atomic mass is 10.1. The van der Waals surface area contributed by atoms with E-state index < -0.39 is 0 Å². The molecule has 30 heavy (non-hydrogen) atoms. The minimum absolute atomic E-state index is 0.0234. The first-order valence-corrected chi connectivity index (χ1v) is 11.6. The molecular formula is C21H26N4O4S. The SMILES string of the molecule is O=C(c1cc(-c2ccc3c(c2)OCO3)n[nH]1)N1CCCSCC1CN1CCOCC1. The van der Waals surface area contributed by atoms with E-state index in [0.29, 0.717) is 11.4 Å². The number of carbonyl (C=O) groups is 1. The van der Waals surface area contributed by atoms with Crippen molar-refractivity contribution in [1.29, 1.82) is 0 Å². The molecule has 160 valence electrons. The van der Waals surface area contributed by atoms with E-state index in [0.717, 1.165) is 74.3 Å². The molecule has 2 aromatic rings. The van der Waals surface area contributed by atoms with Crippen LogP contribution >= 0.6 is 11.8 Å². The van der Waals surface area contributed by atoms with Crippen LogP contribution in [0.3, 0.4) is 0 Å². The highest BCUT2D eigenvalue weighted by atomic mass is 32.2. The Kier molecular flexibility index (Phi) is 5.83. The van der Waals surface area contributed by atoms with Gasteiger partial charge in [-0.15, -0.1) is 0 Å². The lowest BCUT2D eigenvalue weighted by Crippen LogP contribution is -2.50. The molecule has 2 fully saturated rings. The van der Waals surface area contributed by atoms with Gasteiger partial charge in [0.25, 0.3) is 5.91 Å². The van der Waals surface area contributed by atoms with Gasteiger partial charge in [-0.2, -0.15) is 16.9 Å². The number of morpholine rings is 1. The maximum atomic E-state index is 13.4. The number of thioether (sulfide) groups is 1. The van der Waals surface area contributed by atoms with Gasteiger partial charge >= 0.3 is 0 Å². The number of nitrogens with one attached hydrogen (secondary N) is 1. The molecule has 0 saturated carbocycles. The van der Waals surface area contributed by atoms with Gasteiger partial charge in [-0.25, -0.2) is 0 Å². The first kappa shape index (κ1) is 19.7. The van der Waals surface area contributed by atoms with Crippen molar-refractivity contribution < 1.29 is 19.0 Å². The van der Waals surface area contributed by atoms with E-state index in [-0.39, 0.29) is 18.7 Å². The first-order chi connectivity index (χ1) is 14.8. The summed E-state index contributed by atoms with van der Waals surface area (Å²) in [5, 5.41) is 7.35. The highest BCUT2D eigenvalue weighted by molar-refractivity contribution is 7.99. The summed E-state index contributed by atoms with van der Waals surface area (Å²) in [5.74, 6) is 3.52. The highest BCUT2D eigenvalue weighted by Crippen LogP contribution is 2.35. The molecule has 5 rings (SSSR count). The number of rotatable bonds is 4. The Labute approximate surface area is 179 Å². The molecule has 3 aliphatic heterocycles. The summed E-state index contributed by atoms with van der Waals surface area (Å²) >= 11 is 1.94. The molecule has 0 radical (unpaired) electrons. The Hall–Kier alpha value is -2.23. The van der Waals surface area contributed by atoms with Gasteiger partial charge in [-0.3, -0.25) is 14.8 Å². The predicted molar refractivity (Wildman–Crippen MR) is 114 cm³/mol. The average molecular weight is 431 g/mol. The topological polar surface area (TPSA) is 79.9 Å². The van der Waals surface area contributed by atoms with Gasteiger partial charge in [0.05, 0.1) is 24.9 Å². The summed E-state index contributed by atoms with van der Waals surface area (Å²) in [5.41, 5.74) is 2.15. The highest BCUT2D eigenvalue weighted by Gasteiger charge is 2.30. The van der Waals surface area contributed by atoms with Gasteiger partial charge in [-0.05, 0) is 36.4 Å². The fourth-order valence-electron chi connectivity index (χ4n) is 4.12. The molecule has 1 atom stereocenters. The quantitative estimate of drug-likeness (QED) is 0.796. The summed E-state index contributed by atoms with van der Waals surface area (Å²) in [6.07, 6.45) is 1.01. The number of ether oxygens (including phenoxy) is 3. The lowest BCUT2D eigenvalue weighted by molar-refractivity contribution is 0.0244. The van der Waals surface area contributed by atoms with Crippen LogP contribution in [0.1, 0.15) is 16.9 Å². The Balaban J connectivity index is 1.33. The molecule has 9 heteroatoms. The van der Waals surface area contributed by atoms with Gasteiger partial charge in [-0.1, -0.05) is 0 Å². The second kappa shape index (κ2) is 8.87. The molecule has 1 aromatic carbocycles. The zero-order chi connectivity index (χ0) is 20.3. The molecule has 0 spiro atoms. The molecule has 0 bridgehead atoms. The largest absolute Gasteiger partial charge is 0.454 e. The van der Waals surface area contributed by atoms with Gasteiger partial charge in [0.2, 0.25) is 6.79 Å². The van der Waals surface area contributed by atoms with Crippen molar-refractivity contribution in [3.05, 3.63) is 30.0 Å². The fraction of sp³-hybridized carbons (Fsp3) is 0.524. The van der Waals surface area contributed by atoms with Crippen LogP contribution in [-0.4, -0.2) is 89.6 Å². The average Bonchev–Trinajstić information content (AvgIpc) is 3.40. The van der Waals surface area contributed by atoms with E-state index in [9.17, 15) is 4.79 Å². The second-order valence-corrected chi connectivity index (χ2v) is 8.88. The van der Waals surface area contributed by atoms with E-state index in [2.05, 4.69) is 15.1 Å². The second-order valence-electron chi connectivity index (χ2n) is 7.73. The number of hydrogen-bond donors (Lipinski definition) is 1. The number of hydrogen-bond acceptors (Lipinski definition) is 7. The number of carbonyl (C=O) groups excluding carboxylic acids is 1. The summed E-state index contributed by atoms with van der Waals surface area (Å²) in [7, 11) is 0. The van der Waals surface area contributed by atoms with Crippen molar-refractivity contribution in [1.82, 2.24) is 20.0 Å². The van der Waals surface area contributed by atoms with Crippen LogP contribution < -0.4 is 9.47 Å². The number of aromatic amines is 1. The van der Waals surface area contributed by atoms with Crippen LogP contribution in [0.25, 0.3) is 11.3 Å². The minimum Gasteiger partial charge on any atom is -0.454 e. The van der Waals surface area contributed by atoms with Gasteiger partial charge in [0.1, 0.15) is 5.69 Å². The third kappa shape index (κ3) is 4.14. The van der Waals surface area contributed by atoms with Crippen molar-refractivity contribution >= 4 is 17.7 Å². The summed E-state index contributed by atoms with van der Waals surface area (Å²) in [4.78, 5) is 17.8. The molecule has 1 aromatic heterocycles. The number of benzene rings is 1. The van der Waals surface area contributed by atoms with E-state index in [1.165, 1.54) is 0 Å². The smallest absolute Gasteiger partial charge is 0.272 e. The van der Waals surface area contributed by atoms with E-state index in [1.807, 2.05) is 40.9 Å². The number of nitrogens with zero attached hydrogens (tertiary/aromatic N) is 3. The monoisotopic (exact) mass is 430 g/mol. The van der Waals surface area contributed by atoms with Crippen LogP contribution in [-0.2, 0) is 4.74 Å². The summed E-state index contributed by atoms with van der Waals surface area (Å²) in [6.45, 7) is 5.31. The van der Waals surface area contributed by atoms with Crippen molar-refractivity contribution in [2.75, 3.05) is 57.7 Å². The first-order valence-electron chi connectivity index (χ1n) is 10.4. The van der Waals surface area contributed by atoms with Gasteiger partial charge in [0.15, 0.2) is 11.5 Å². The Morgan fingerprint density at radius 2 is 2.03 bits per heavy atom. The molecule has 8 nitrogen and oxygen atoms in total. The number of H-pyrrole nitrogens is 1. The van der Waals surface area contributed by atoms with Crippen molar-refractivity contribution in [3.8, 4) is 22.8 Å². The molecule has 4 heterocycles. The molecule has 2 saturated heterocycles. The van der Waals surface area contributed by atoms with E-state index in [1.54, 1.807) is 0 Å². The zero-order valence-corrected chi connectivity index (χ0v) is 17.7. The van der Waals surface area contributed by atoms with Crippen LogP contribution in [0.4, 0.5) is 0 Å².